The monoisotopic (exact) mass is 254 g/mol. The van der Waals surface area contributed by atoms with Gasteiger partial charge in [-0.05, 0) is 19.8 Å². The maximum Gasteiger partial charge on any atom is 0.0619 e. The zero-order valence-corrected chi connectivity index (χ0v) is 9.12. The van der Waals surface area contributed by atoms with Gasteiger partial charge >= 0.3 is 0 Å². The molecule has 0 aliphatic heterocycles. The second-order valence-corrected chi connectivity index (χ2v) is 3.06. The van der Waals surface area contributed by atoms with Gasteiger partial charge in [0.25, 0.3) is 0 Å². The summed E-state index contributed by atoms with van der Waals surface area (Å²) in [5.41, 5.74) is -0.321. The van der Waals surface area contributed by atoms with E-state index in [1.807, 2.05) is 6.92 Å². The molecule has 52 valence electrons. The third-order valence-electron chi connectivity index (χ3n) is 1.93. The van der Waals surface area contributed by atoms with E-state index in [9.17, 15) is 5.11 Å². The van der Waals surface area contributed by atoms with Crippen LogP contribution in [0.25, 0.3) is 0 Å². The molecule has 0 saturated heterocycles. The summed E-state index contributed by atoms with van der Waals surface area (Å²) in [6.07, 6.45) is 5.76. The molecule has 0 amide bonds. The van der Waals surface area contributed by atoms with Crippen LogP contribution in [0.4, 0.5) is 0 Å². The molecule has 9 heavy (non-hydrogen) atoms. The average Bonchev–Trinajstić information content (AvgIpc) is 1.65. The van der Waals surface area contributed by atoms with Gasteiger partial charge in [0.05, 0.1) is 5.60 Å². The van der Waals surface area contributed by atoms with Crippen molar-refractivity contribution >= 4 is 0 Å². The molecule has 1 rings (SSSR count). The molecular weight excluding hydrogens is 240 g/mol. The Morgan fingerprint density at radius 3 is 1.78 bits per heavy atom. The van der Waals surface area contributed by atoms with Crippen molar-refractivity contribution in [3.05, 3.63) is 0 Å². The summed E-state index contributed by atoms with van der Waals surface area (Å²) >= 11 is 0. The fourth-order valence-corrected chi connectivity index (χ4v) is 1.31. The first kappa shape index (κ1) is 10.3. The van der Waals surface area contributed by atoms with Gasteiger partial charge in [0.15, 0.2) is 0 Å². The van der Waals surface area contributed by atoms with Crippen LogP contribution in [0.15, 0.2) is 0 Å². The van der Waals surface area contributed by atoms with E-state index in [0.717, 1.165) is 12.8 Å². The zero-order valence-electron chi connectivity index (χ0n) is 5.98. The summed E-state index contributed by atoms with van der Waals surface area (Å²) in [7, 11) is 0. The molecule has 0 aromatic rings. The summed E-state index contributed by atoms with van der Waals surface area (Å²) in [6, 6.07) is 0. The van der Waals surface area contributed by atoms with Gasteiger partial charge in [-0.3, -0.25) is 0 Å². The Balaban J connectivity index is 0.000000640. The summed E-state index contributed by atoms with van der Waals surface area (Å²) in [6.45, 7) is 1.94. The van der Waals surface area contributed by atoms with E-state index in [2.05, 4.69) is 0 Å². The quantitative estimate of drug-likeness (QED) is 0.697. The molecule has 1 aliphatic carbocycles. The van der Waals surface area contributed by atoms with Crippen LogP contribution in [-0.4, -0.2) is 10.7 Å². The molecule has 0 atom stereocenters. The topological polar surface area (TPSA) is 20.2 Å². The first-order valence-electron chi connectivity index (χ1n) is 3.43. The smallest absolute Gasteiger partial charge is 0.0619 e. The molecule has 1 aliphatic rings. The number of hydrogen-bond donors (Lipinski definition) is 1. The van der Waals surface area contributed by atoms with Gasteiger partial charge in [-0.2, -0.15) is 0 Å². The summed E-state index contributed by atoms with van der Waals surface area (Å²) in [4.78, 5) is 0. The molecule has 0 aromatic heterocycles. The molecule has 2 heteroatoms. The zero-order chi connectivity index (χ0) is 6.04. The van der Waals surface area contributed by atoms with Gasteiger partial charge < -0.3 is 5.11 Å². The Morgan fingerprint density at radius 1 is 1.11 bits per heavy atom. The van der Waals surface area contributed by atoms with Crippen LogP contribution in [0, 0.1) is 41.7 Å². The van der Waals surface area contributed by atoms with Crippen molar-refractivity contribution in [2.45, 2.75) is 44.6 Å². The Labute approximate surface area is 90.6 Å². The van der Waals surface area contributed by atoms with Crippen LogP contribution in [0.3, 0.4) is 0 Å². The van der Waals surface area contributed by atoms with E-state index in [1.54, 1.807) is 0 Å². The van der Waals surface area contributed by atoms with E-state index in [4.69, 9.17) is 0 Å². The average molecular weight is 254 g/mol. The van der Waals surface area contributed by atoms with Crippen LogP contribution in [0.5, 0.6) is 0 Å². The van der Waals surface area contributed by atoms with Crippen molar-refractivity contribution in [2.24, 2.45) is 0 Å². The predicted octanol–water partition coefficient (Wildman–Crippen LogP) is 1.70. The Kier molecular flexibility index (Phi) is 4.90. The maximum atomic E-state index is 9.37. The Bertz CT molecular complexity index is 73.0. The molecule has 0 unspecified atom stereocenters. The largest absolute Gasteiger partial charge is 0.390 e. The fraction of sp³-hybridized carbons (Fsp3) is 1.00. The predicted molar refractivity (Wildman–Crippen MR) is 33.7 cm³/mol. The SMILES string of the molecule is CC1(O)CCCCC1.[Ce]. The van der Waals surface area contributed by atoms with Crippen LogP contribution in [0.2, 0.25) is 0 Å². The van der Waals surface area contributed by atoms with Crippen molar-refractivity contribution in [1.29, 1.82) is 0 Å². The normalized spacial score (nSPS) is 24.7. The molecule has 0 spiro atoms. The summed E-state index contributed by atoms with van der Waals surface area (Å²) in [5.74, 6) is 0. The van der Waals surface area contributed by atoms with E-state index >= 15 is 0 Å². The van der Waals surface area contributed by atoms with Crippen molar-refractivity contribution in [1.82, 2.24) is 0 Å². The van der Waals surface area contributed by atoms with Crippen LogP contribution >= 0.6 is 0 Å². The van der Waals surface area contributed by atoms with Gasteiger partial charge in [-0.15, -0.1) is 0 Å². The standard InChI is InChI=1S/C7H14O.Ce/c1-7(8)5-3-2-4-6-7;/h8H,2-6H2,1H3;. The van der Waals surface area contributed by atoms with Crippen LogP contribution in [0.1, 0.15) is 39.0 Å². The van der Waals surface area contributed by atoms with Crippen molar-refractivity contribution in [2.75, 3.05) is 0 Å². The molecule has 1 saturated carbocycles. The number of rotatable bonds is 0. The van der Waals surface area contributed by atoms with E-state index in [0.29, 0.717) is 0 Å². The van der Waals surface area contributed by atoms with E-state index < -0.39 is 0 Å². The number of aliphatic hydroxyl groups is 1. The Hall–Kier alpha value is 1.34. The van der Waals surface area contributed by atoms with E-state index in [1.165, 1.54) is 19.3 Å². The van der Waals surface area contributed by atoms with Gasteiger partial charge in [-0.1, -0.05) is 19.3 Å². The molecule has 0 radical (unpaired) electrons. The fourth-order valence-electron chi connectivity index (χ4n) is 1.31. The molecule has 1 nitrogen and oxygen atoms in total. The number of hydrogen-bond acceptors (Lipinski definition) is 1. The summed E-state index contributed by atoms with van der Waals surface area (Å²) in [5, 5.41) is 9.37. The van der Waals surface area contributed by atoms with Gasteiger partial charge in [0, 0.05) is 41.7 Å². The minimum atomic E-state index is -0.321. The van der Waals surface area contributed by atoms with Crippen LogP contribution < -0.4 is 0 Å². The molecule has 1 N–H and O–H groups in total. The third-order valence-corrected chi connectivity index (χ3v) is 1.93. The van der Waals surface area contributed by atoms with Crippen LogP contribution in [-0.2, 0) is 0 Å². The minimum absolute atomic E-state index is 0. The minimum Gasteiger partial charge on any atom is -0.390 e. The molecule has 0 aromatic carbocycles. The van der Waals surface area contributed by atoms with Gasteiger partial charge in [0.1, 0.15) is 0 Å². The molecular formula is C7H14CeO. The van der Waals surface area contributed by atoms with Crippen molar-refractivity contribution in [3.63, 3.8) is 0 Å². The summed E-state index contributed by atoms with van der Waals surface area (Å²) < 4.78 is 0. The van der Waals surface area contributed by atoms with Gasteiger partial charge in [0.2, 0.25) is 0 Å². The molecule has 1 fully saturated rings. The second kappa shape index (κ2) is 4.26. The first-order valence-corrected chi connectivity index (χ1v) is 3.43. The van der Waals surface area contributed by atoms with Crippen molar-refractivity contribution in [3.8, 4) is 0 Å². The van der Waals surface area contributed by atoms with Gasteiger partial charge in [-0.25, -0.2) is 0 Å². The van der Waals surface area contributed by atoms with E-state index in [-0.39, 0.29) is 47.3 Å². The molecule has 0 bridgehead atoms. The second-order valence-electron chi connectivity index (χ2n) is 3.06. The first-order chi connectivity index (χ1) is 3.71. The maximum absolute atomic E-state index is 9.37. The van der Waals surface area contributed by atoms with Crippen molar-refractivity contribution < 1.29 is 46.9 Å². The Morgan fingerprint density at radius 2 is 1.56 bits per heavy atom. The molecule has 0 heterocycles. The third kappa shape index (κ3) is 3.91.